The van der Waals surface area contributed by atoms with Crippen LogP contribution < -0.4 is 0 Å². The molecule has 0 aliphatic heterocycles. The smallest absolute Gasteiger partial charge is 0.227 e. The number of aryl methyl sites for hydroxylation is 1. The van der Waals surface area contributed by atoms with E-state index in [1.807, 2.05) is 10.8 Å². The molecule has 0 saturated carbocycles. The van der Waals surface area contributed by atoms with E-state index in [4.69, 9.17) is 0 Å². The van der Waals surface area contributed by atoms with Gasteiger partial charge in [0.15, 0.2) is 5.78 Å². The number of aromatic nitrogens is 4. The number of ketones is 2. The lowest BCUT2D eigenvalue weighted by atomic mass is 9.96. The maximum atomic E-state index is 12.2. The highest BCUT2D eigenvalue weighted by Crippen LogP contribution is 2.15. The number of carbonyl (C=O) groups is 2. The van der Waals surface area contributed by atoms with Gasteiger partial charge in [-0.2, -0.15) is 0 Å². The van der Waals surface area contributed by atoms with E-state index in [0.29, 0.717) is 6.54 Å². The monoisotopic (exact) mass is 283 g/mol. The minimum Gasteiger partial charge on any atom is -0.337 e. The molecule has 0 fully saturated rings. The summed E-state index contributed by atoms with van der Waals surface area (Å²) in [5.74, 6) is -0.494. The van der Waals surface area contributed by atoms with Crippen LogP contribution in [-0.2, 0) is 6.54 Å². The molecule has 7 heteroatoms. The number of Topliss-reactive ketones (excluding diaryl/α,β-unsaturated/α-hetero) is 2. The Morgan fingerprint density at radius 3 is 2.71 bits per heavy atom. The molecular formula is C14H13N5O2. The van der Waals surface area contributed by atoms with E-state index in [9.17, 15) is 9.59 Å². The van der Waals surface area contributed by atoms with Crippen LogP contribution in [0.3, 0.4) is 0 Å². The van der Waals surface area contributed by atoms with Crippen LogP contribution in [-0.4, -0.2) is 43.3 Å². The Labute approximate surface area is 120 Å². The molecule has 0 aromatic carbocycles. The van der Waals surface area contributed by atoms with Crippen LogP contribution >= 0.6 is 0 Å². The molecule has 0 spiro atoms. The first-order valence-corrected chi connectivity index (χ1v) is 6.63. The fourth-order valence-electron chi connectivity index (χ4n) is 2.18. The summed E-state index contributed by atoms with van der Waals surface area (Å²) in [4.78, 5) is 40.2. The molecule has 106 valence electrons. The normalized spacial score (nSPS) is 16.3. The standard InChI is InChI=1S/C14H13N5O2/c20-11-8-10(14(21)13-12(11)17-3-4-18-13)16-2-1-6-19-7-5-15-9-19/h3-5,7,9H,1-2,6,8H2. The highest BCUT2D eigenvalue weighted by molar-refractivity contribution is 6.52. The van der Waals surface area contributed by atoms with Gasteiger partial charge in [0.25, 0.3) is 0 Å². The molecule has 3 rings (SSSR count). The van der Waals surface area contributed by atoms with Gasteiger partial charge >= 0.3 is 0 Å². The molecule has 7 nitrogen and oxygen atoms in total. The molecular weight excluding hydrogens is 270 g/mol. The molecule has 0 amide bonds. The van der Waals surface area contributed by atoms with Crippen molar-refractivity contribution in [2.24, 2.45) is 4.99 Å². The summed E-state index contributed by atoms with van der Waals surface area (Å²) in [7, 11) is 0. The summed E-state index contributed by atoms with van der Waals surface area (Å²) in [5.41, 5.74) is 0.542. The zero-order valence-electron chi connectivity index (χ0n) is 11.3. The highest BCUT2D eigenvalue weighted by atomic mass is 16.1. The van der Waals surface area contributed by atoms with Crippen LogP contribution in [0.5, 0.6) is 0 Å². The Balaban J connectivity index is 1.68. The van der Waals surface area contributed by atoms with Gasteiger partial charge < -0.3 is 4.57 Å². The van der Waals surface area contributed by atoms with Crippen molar-refractivity contribution in [2.45, 2.75) is 19.4 Å². The minimum atomic E-state index is -0.291. The third-order valence-electron chi connectivity index (χ3n) is 3.20. The van der Waals surface area contributed by atoms with Gasteiger partial charge in [-0.15, -0.1) is 0 Å². The first-order chi connectivity index (χ1) is 10.3. The molecule has 0 saturated heterocycles. The number of hydrogen-bond acceptors (Lipinski definition) is 6. The van der Waals surface area contributed by atoms with Gasteiger partial charge in [0.1, 0.15) is 11.4 Å². The lowest BCUT2D eigenvalue weighted by Crippen LogP contribution is -2.29. The number of rotatable bonds is 4. The highest BCUT2D eigenvalue weighted by Gasteiger charge is 2.31. The van der Waals surface area contributed by atoms with Crippen LogP contribution in [0.2, 0.25) is 0 Å². The Hall–Kier alpha value is -2.70. The van der Waals surface area contributed by atoms with Crippen molar-refractivity contribution >= 4 is 17.3 Å². The molecule has 1 aliphatic carbocycles. The zero-order valence-corrected chi connectivity index (χ0v) is 11.3. The molecule has 0 radical (unpaired) electrons. The Morgan fingerprint density at radius 2 is 1.95 bits per heavy atom. The predicted octanol–water partition coefficient (Wildman–Crippen LogP) is 0.973. The van der Waals surface area contributed by atoms with Gasteiger partial charge in [-0.1, -0.05) is 0 Å². The number of imidazole rings is 1. The topological polar surface area (TPSA) is 90.1 Å². The van der Waals surface area contributed by atoms with Gasteiger partial charge in [0.2, 0.25) is 5.78 Å². The van der Waals surface area contributed by atoms with E-state index >= 15 is 0 Å². The minimum absolute atomic E-state index is 0.00953. The molecule has 2 aromatic rings. The molecule has 2 heterocycles. The summed E-state index contributed by atoms with van der Waals surface area (Å²) in [6.45, 7) is 1.26. The second-order valence-electron chi connectivity index (χ2n) is 4.67. The maximum absolute atomic E-state index is 12.2. The quantitative estimate of drug-likeness (QED) is 0.780. The Kier molecular flexibility index (Phi) is 3.63. The second-order valence-corrected chi connectivity index (χ2v) is 4.67. The number of nitrogens with zero attached hydrogens (tertiary/aromatic N) is 5. The van der Waals surface area contributed by atoms with Gasteiger partial charge in [-0.25, -0.2) is 15.0 Å². The van der Waals surface area contributed by atoms with Crippen molar-refractivity contribution in [3.8, 4) is 0 Å². The lowest BCUT2D eigenvalue weighted by Gasteiger charge is -2.13. The average Bonchev–Trinajstić information content (AvgIpc) is 3.02. The van der Waals surface area contributed by atoms with E-state index in [2.05, 4.69) is 19.9 Å². The van der Waals surface area contributed by atoms with Gasteiger partial charge in [-0.05, 0) is 6.42 Å². The molecule has 21 heavy (non-hydrogen) atoms. The van der Waals surface area contributed by atoms with Gasteiger partial charge in [0.05, 0.1) is 18.5 Å². The third-order valence-corrected chi connectivity index (χ3v) is 3.20. The van der Waals surface area contributed by atoms with Crippen molar-refractivity contribution in [1.29, 1.82) is 0 Å². The van der Waals surface area contributed by atoms with Gasteiger partial charge in [-0.3, -0.25) is 14.6 Å². The first-order valence-electron chi connectivity index (χ1n) is 6.63. The van der Waals surface area contributed by atoms with Crippen molar-refractivity contribution in [3.63, 3.8) is 0 Å². The SMILES string of the molecule is O=C1CC(=NCCCn2ccnc2)C(=O)c2nccnc21. The molecule has 1 aliphatic rings. The van der Waals surface area contributed by atoms with Crippen LogP contribution in [0.25, 0.3) is 0 Å². The molecule has 0 atom stereocenters. The largest absolute Gasteiger partial charge is 0.337 e. The predicted molar refractivity (Wildman–Crippen MR) is 74.5 cm³/mol. The Morgan fingerprint density at radius 1 is 1.14 bits per heavy atom. The summed E-state index contributed by atoms with van der Waals surface area (Å²) < 4.78 is 1.94. The third kappa shape index (κ3) is 2.76. The summed E-state index contributed by atoms with van der Waals surface area (Å²) >= 11 is 0. The van der Waals surface area contributed by atoms with E-state index in [0.717, 1.165) is 13.0 Å². The molecule has 0 bridgehead atoms. The van der Waals surface area contributed by atoms with Crippen molar-refractivity contribution < 1.29 is 9.59 Å². The first kappa shape index (κ1) is 13.3. The van der Waals surface area contributed by atoms with Gasteiger partial charge in [0, 0.05) is 37.9 Å². The van der Waals surface area contributed by atoms with E-state index in [1.165, 1.54) is 12.4 Å². The number of fused-ring (bicyclic) bond motifs is 1. The fourth-order valence-corrected chi connectivity index (χ4v) is 2.18. The van der Waals surface area contributed by atoms with Crippen molar-refractivity contribution in [2.75, 3.05) is 6.54 Å². The summed E-state index contributed by atoms with van der Waals surface area (Å²) in [5, 5.41) is 0. The lowest BCUT2D eigenvalue weighted by molar-refractivity contribution is 0.0957. The second kappa shape index (κ2) is 5.74. The van der Waals surface area contributed by atoms with E-state index < -0.39 is 0 Å². The van der Waals surface area contributed by atoms with Crippen molar-refractivity contribution in [1.82, 2.24) is 19.5 Å². The Bertz CT molecular complexity index is 706. The van der Waals surface area contributed by atoms with E-state index in [-0.39, 0.29) is 35.1 Å². The average molecular weight is 283 g/mol. The summed E-state index contributed by atoms with van der Waals surface area (Å²) in [6, 6.07) is 0. The van der Waals surface area contributed by atoms with Crippen LogP contribution in [0.15, 0.2) is 36.1 Å². The molecule has 2 aromatic heterocycles. The number of hydrogen-bond donors (Lipinski definition) is 0. The molecule has 0 N–H and O–H groups in total. The maximum Gasteiger partial charge on any atom is 0.227 e. The van der Waals surface area contributed by atoms with Crippen LogP contribution in [0, 0.1) is 0 Å². The summed E-state index contributed by atoms with van der Waals surface area (Å²) in [6.07, 6.45) is 8.92. The fraction of sp³-hybridized carbons (Fsp3) is 0.286. The zero-order chi connectivity index (χ0) is 14.7. The number of aliphatic imine (C=N–C) groups is 1. The van der Waals surface area contributed by atoms with Crippen molar-refractivity contribution in [3.05, 3.63) is 42.5 Å². The number of carbonyl (C=O) groups excluding carboxylic acids is 2. The van der Waals surface area contributed by atoms with Crippen LogP contribution in [0.4, 0.5) is 0 Å². The van der Waals surface area contributed by atoms with E-state index in [1.54, 1.807) is 12.5 Å². The molecule has 0 unspecified atom stereocenters. The van der Waals surface area contributed by atoms with Crippen LogP contribution in [0.1, 0.15) is 33.8 Å².